The van der Waals surface area contributed by atoms with Crippen LogP contribution in [0.4, 0.5) is 5.69 Å². The molecule has 0 aliphatic rings. The number of nitrogens with two attached hydrogens (primary N) is 1. The van der Waals surface area contributed by atoms with E-state index in [-0.39, 0.29) is 17.2 Å². The monoisotopic (exact) mass is 316 g/mol. The van der Waals surface area contributed by atoms with E-state index in [0.717, 1.165) is 0 Å². The van der Waals surface area contributed by atoms with Crippen molar-refractivity contribution < 1.29 is 22.7 Å². The van der Waals surface area contributed by atoms with Gasteiger partial charge in [-0.3, -0.25) is 4.79 Å². The molecule has 0 atom stereocenters. The van der Waals surface area contributed by atoms with Gasteiger partial charge in [-0.1, -0.05) is 0 Å². The molecule has 0 spiro atoms. The summed E-state index contributed by atoms with van der Waals surface area (Å²) in [4.78, 5) is 11.6. The Bertz CT molecular complexity index is 542. The summed E-state index contributed by atoms with van der Waals surface area (Å²) in [6, 6.07) is 5.63. The minimum atomic E-state index is -3.72. The molecule has 0 radical (unpaired) electrons. The number of amides is 1. The Morgan fingerprint density at radius 1 is 1.14 bits per heavy atom. The summed E-state index contributed by atoms with van der Waals surface area (Å²) in [5.41, 5.74) is 0.502. The van der Waals surface area contributed by atoms with Gasteiger partial charge in [0.05, 0.1) is 31.1 Å². The van der Waals surface area contributed by atoms with Crippen LogP contribution in [0.2, 0.25) is 0 Å². The van der Waals surface area contributed by atoms with Crippen LogP contribution in [-0.4, -0.2) is 40.8 Å². The first-order valence-corrected chi connectivity index (χ1v) is 8.06. The maximum absolute atomic E-state index is 11.6. The van der Waals surface area contributed by atoms with Crippen molar-refractivity contribution in [1.82, 2.24) is 0 Å². The number of primary sulfonamides is 1. The Balaban J connectivity index is 2.31. The summed E-state index contributed by atoms with van der Waals surface area (Å²) in [5, 5.41) is 7.62. The van der Waals surface area contributed by atoms with Crippen LogP contribution < -0.4 is 10.5 Å². The van der Waals surface area contributed by atoms with Gasteiger partial charge >= 0.3 is 0 Å². The van der Waals surface area contributed by atoms with E-state index in [1.165, 1.54) is 24.3 Å². The molecule has 1 aromatic rings. The van der Waals surface area contributed by atoms with Crippen molar-refractivity contribution in [2.45, 2.75) is 18.2 Å². The number of rotatable bonds is 9. The maximum Gasteiger partial charge on any atom is 0.238 e. The van der Waals surface area contributed by atoms with Crippen molar-refractivity contribution >= 4 is 21.6 Å². The Morgan fingerprint density at radius 2 is 1.76 bits per heavy atom. The molecular formula is C13H20N2O5S. The molecule has 0 saturated carbocycles. The number of anilines is 1. The number of benzene rings is 1. The molecule has 0 saturated heterocycles. The van der Waals surface area contributed by atoms with Crippen LogP contribution in [0.25, 0.3) is 0 Å². The smallest absolute Gasteiger partial charge is 0.238 e. The topological polar surface area (TPSA) is 108 Å². The number of hydrogen-bond donors (Lipinski definition) is 2. The van der Waals surface area contributed by atoms with Gasteiger partial charge in [0.25, 0.3) is 0 Å². The van der Waals surface area contributed by atoms with Gasteiger partial charge in [0.1, 0.15) is 0 Å². The van der Waals surface area contributed by atoms with Crippen LogP contribution in [0.15, 0.2) is 29.2 Å². The normalized spacial score (nSPS) is 11.3. The first-order valence-electron chi connectivity index (χ1n) is 6.51. The Hall–Kier alpha value is -1.48. The number of nitrogens with one attached hydrogen (secondary N) is 1. The number of carbonyl (C=O) groups is 1. The number of ether oxygens (including phenoxy) is 2. The van der Waals surface area contributed by atoms with E-state index in [2.05, 4.69) is 5.32 Å². The number of carbonyl (C=O) groups excluding carboxylic acids is 1. The van der Waals surface area contributed by atoms with Gasteiger partial charge < -0.3 is 14.8 Å². The second-order valence-corrected chi connectivity index (χ2v) is 5.74. The van der Waals surface area contributed by atoms with Gasteiger partial charge in [0.2, 0.25) is 15.9 Å². The van der Waals surface area contributed by atoms with Gasteiger partial charge in [-0.05, 0) is 31.2 Å². The lowest BCUT2D eigenvalue weighted by Gasteiger charge is -2.07. The lowest BCUT2D eigenvalue weighted by Crippen LogP contribution is -2.16. The predicted octanol–water partition coefficient (Wildman–Crippen LogP) is 0.716. The fourth-order valence-corrected chi connectivity index (χ4v) is 2.00. The molecule has 1 amide bonds. The minimum absolute atomic E-state index is 0.000225. The van der Waals surface area contributed by atoms with E-state index in [0.29, 0.717) is 32.1 Å². The summed E-state index contributed by atoms with van der Waals surface area (Å²) < 4.78 is 32.5. The predicted molar refractivity (Wildman–Crippen MR) is 78.4 cm³/mol. The van der Waals surface area contributed by atoms with Gasteiger partial charge in [-0.2, -0.15) is 0 Å². The van der Waals surface area contributed by atoms with Crippen LogP contribution in [0.3, 0.4) is 0 Å². The van der Waals surface area contributed by atoms with E-state index in [4.69, 9.17) is 14.6 Å². The van der Waals surface area contributed by atoms with Crippen LogP contribution >= 0.6 is 0 Å². The average molecular weight is 316 g/mol. The summed E-state index contributed by atoms with van der Waals surface area (Å²) in [6.07, 6.45) is 0.211. The van der Waals surface area contributed by atoms with Gasteiger partial charge in [-0.15, -0.1) is 0 Å². The highest BCUT2D eigenvalue weighted by Crippen LogP contribution is 2.12. The highest BCUT2D eigenvalue weighted by atomic mass is 32.2. The molecule has 1 rings (SSSR count). The fourth-order valence-electron chi connectivity index (χ4n) is 1.48. The van der Waals surface area contributed by atoms with Crippen molar-refractivity contribution in [3.05, 3.63) is 24.3 Å². The van der Waals surface area contributed by atoms with E-state index in [1.807, 2.05) is 6.92 Å². The Morgan fingerprint density at radius 3 is 2.33 bits per heavy atom. The molecule has 0 heterocycles. The van der Waals surface area contributed by atoms with Crippen LogP contribution in [-0.2, 0) is 24.3 Å². The molecule has 7 nitrogen and oxygen atoms in total. The van der Waals surface area contributed by atoms with E-state index in [1.54, 1.807) is 0 Å². The third kappa shape index (κ3) is 7.19. The molecule has 21 heavy (non-hydrogen) atoms. The van der Waals surface area contributed by atoms with Crippen molar-refractivity contribution in [2.75, 3.05) is 31.7 Å². The minimum Gasteiger partial charge on any atom is -0.379 e. The standard InChI is InChI=1S/C13H20N2O5S/c1-2-19-9-10-20-8-7-13(16)15-11-3-5-12(6-4-11)21(14,17)18/h3-6H,2,7-10H2,1H3,(H,15,16)(H2,14,17,18). The molecule has 0 fully saturated rings. The number of sulfonamides is 1. The molecule has 118 valence electrons. The zero-order valence-electron chi connectivity index (χ0n) is 11.9. The molecule has 0 unspecified atom stereocenters. The summed E-state index contributed by atoms with van der Waals surface area (Å²) in [6.45, 7) is 3.79. The van der Waals surface area contributed by atoms with Crippen molar-refractivity contribution in [3.8, 4) is 0 Å². The lowest BCUT2D eigenvalue weighted by molar-refractivity contribution is -0.117. The van der Waals surface area contributed by atoms with E-state index in [9.17, 15) is 13.2 Å². The summed E-state index contributed by atoms with van der Waals surface area (Å²) in [7, 11) is -3.72. The lowest BCUT2D eigenvalue weighted by atomic mass is 10.3. The largest absolute Gasteiger partial charge is 0.379 e. The van der Waals surface area contributed by atoms with Crippen LogP contribution in [0.5, 0.6) is 0 Å². The quantitative estimate of drug-likeness (QED) is 0.653. The van der Waals surface area contributed by atoms with E-state index >= 15 is 0 Å². The fraction of sp³-hybridized carbons (Fsp3) is 0.462. The number of hydrogen-bond acceptors (Lipinski definition) is 5. The van der Waals surface area contributed by atoms with Gasteiger partial charge in [0.15, 0.2) is 0 Å². The van der Waals surface area contributed by atoms with Gasteiger partial charge in [0, 0.05) is 12.3 Å². The molecular weight excluding hydrogens is 296 g/mol. The third-order valence-electron chi connectivity index (χ3n) is 2.52. The Labute approximate surface area is 124 Å². The van der Waals surface area contributed by atoms with Crippen molar-refractivity contribution in [3.63, 3.8) is 0 Å². The SMILES string of the molecule is CCOCCOCCC(=O)Nc1ccc(S(N)(=O)=O)cc1. The van der Waals surface area contributed by atoms with Crippen LogP contribution in [0.1, 0.15) is 13.3 Å². The molecule has 0 aliphatic carbocycles. The summed E-state index contributed by atoms with van der Waals surface area (Å²) >= 11 is 0. The highest BCUT2D eigenvalue weighted by Gasteiger charge is 2.08. The molecule has 0 aliphatic heterocycles. The third-order valence-corrected chi connectivity index (χ3v) is 3.45. The zero-order valence-corrected chi connectivity index (χ0v) is 12.7. The van der Waals surface area contributed by atoms with Crippen LogP contribution in [0, 0.1) is 0 Å². The highest BCUT2D eigenvalue weighted by molar-refractivity contribution is 7.89. The van der Waals surface area contributed by atoms with Gasteiger partial charge in [-0.25, -0.2) is 13.6 Å². The second-order valence-electron chi connectivity index (χ2n) is 4.18. The molecule has 8 heteroatoms. The zero-order chi connectivity index (χ0) is 15.7. The molecule has 0 bridgehead atoms. The second kappa shape index (κ2) is 8.73. The molecule has 0 aromatic heterocycles. The van der Waals surface area contributed by atoms with Crippen molar-refractivity contribution in [2.24, 2.45) is 5.14 Å². The maximum atomic E-state index is 11.6. The van der Waals surface area contributed by atoms with Crippen molar-refractivity contribution in [1.29, 1.82) is 0 Å². The average Bonchev–Trinajstić information content (AvgIpc) is 2.42. The van der Waals surface area contributed by atoms with E-state index < -0.39 is 10.0 Å². The molecule has 1 aromatic carbocycles. The summed E-state index contributed by atoms with van der Waals surface area (Å²) in [5.74, 6) is -0.213. The first kappa shape index (κ1) is 17.6. The Kier molecular flexibility index (Phi) is 7.30. The first-order chi connectivity index (χ1) is 9.93. The molecule has 3 N–H and O–H groups in total.